The van der Waals surface area contributed by atoms with Gasteiger partial charge in [0.25, 0.3) is 5.56 Å². The lowest BCUT2D eigenvalue weighted by Gasteiger charge is -2.28. The van der Waals surface area contributed by atoms with Crippen LogP contribution in [0.1, 0.15) is 42.5 Å². The van der Waals surface area contributed by atoms with Crippen molar-refractivity contribution in [2.75, 3.05) is 6.54 Å². The van der Waals surface area contributed by atoms with Gasteiger partial charge in [0.15, 0.2) is 0 Å². The Morgan fingerprint density at radius 3 is 2.67 bits per heavy atom. The van der Waals surface area contributed by atoms with Crippen molar-refractivity contribution in [1.82, 2.24) is 15.3 Å². The maximum absolute atomic E-state index is 12.4. The van der Waals surface area contributed by atoms with Crippen molar-refractivity contribution in [1.29, 1.82) is 5.26 Å². The first-order valence-corrected chi connectivity index (χ1v) is 7.56. The fraction of sp³-hybridized carbons (Fsp3) is 0.353. The number of H-pyrrole nitrogens is 1. The highest BCUT2D eigenvalue weighted by molar-refractivity contribution is 5.85. The van der Waals surface area contributed by atoms with Crippen LogP contribution in [0.5, 0.6) is 0 Å². The number of aromatic nitrogens is 2. The second-order valence-corrected chi connectivity index (χ2v) is 5.56. The predicted octanol–water partition coefficient (Wildman–Crippen LogP) is 3.14. The summed E-state index contributed by atoms with van der Waals surface area (Å²) < 4.78 is 0. The Hall–Kier alpha value is -1.87. The zero-order chi connectivity index (χ0) is 15.5. The minimum Gasteiger partial charge on any atom is -0.324 e. The molecule has 1 unspecified atom stereocenters. The van der Waals surface area contributed by atoms with Crippen LogP contribution >= 0.6 is 24.8 Å². The molecule has 3 heterocycles. The minimum absolute atomic E-state index is 0. The van der Waals surface area contributed by atoms with E-state index in [4.69, 9.17) is 0 Å². The highest BCUT2D eigenvalue weighted by Gasteiger charge is 2.26. The maximum atomic E-state index is 12.4. The molecular weight excluding hydrogens is 347 g/mol. The topological polar surface area (TPSA) is 81.6 Å². The molecule has 0 saturated carbocycles. The molecule has 0 spiro atoms. The summed E-state index contributed by atoms with van der Waals surface area (Å²) in [6, 6.07) is 5.76. The Balaban J connectivity index is 0.00000144. The van der Waals surface area contributed by atoms with Gasteiger partial charge in [-0.05, 0) is 29.7 Å². The van der Waals surface area contributed by atoms with Crippen LogP contribution in [0.3, 0.4) is 0 Å². The van der Waals surface area contributed by atoms with Gasteiger partial charge in [-0.15, -0.1) is 24.8 Å². The first-order chi connectivity index (χ1) is 10.8. The number of fused-ring (bicyclic) bond motifs is 1. The number of hydrogen-bond donors (Lipinski definition) is 2. The molecule has 1 atom stereocenters. The van der Waals surface area contributed by atoms with Gasteiger partial charge in [-0.25, -0.2) is 0 Å². The van der Waals surface area contributed by atoms with E-state index in [-0.39, 0.29) is 41.9 Å². The number of rotatable bonds is 3. The second-order valence-electron chi connectivity index (χ2n) is 5.56. The summed E-state index contributed by atoms with van der Waals surface area (Å²) >= 11 is 0. The summed E-state index contributed by atoms with van der Waals surface area (Å²) in [5.74, 6) is 0.287. The van der Waals surface area contributed by atoms with Gasteiger partial charge in [0.2, 0.25) is 0 Å². The number of halogens is 2. The maximum Gasteiger partial charge on any atom is 0.266 e. The van der Waals surface area contributed by atoms with Crippen LogP contribution in [0.4, 0.5) is 0 Å². The van der Waals surface area contributed by atoms with Gasteiger partial charge in [0.1, 0.15) is 11.6 Å². The normalized spacial score (nSPS) is 15.4. The molecule has 2 aromatic heterocycles. The lowest BCUT2D eigenvalue weighted by Crippen LogP contribution is -2.32. The monoisotopic (exact) mass is 366 g/mol. The first kappa shape index (κ1) is 20.2. The van der Waals surface area contributed by atoms with Crippen molar-refractivity contribution in [2.24, 2.45) is 0 Å². The second kappa shape index (κ2) is 8.84. The Morgan fingerprint density at radius 2 is 2.04 bits per heavy atom. The summed E-state index contributed by atoms with van der Waals surface area (Å²) in [4.78, 5) is 19.3. The Labute approximate surface area is 153 Å². The van der Waals surface area contributed by atoms with E-state index < -0.39 is 0 Å². The summed E-state index contributed by atoms with van der Waals surface area (Å²) in [5.41, 5.74) is 3.52. The zero-order valence-corrected chi connectivity index (χ0v) is 15.0. The quantitative estimate of drug-likeness (QED) is 0.873. The molecule has 5 nitrogen and oxygen atoms in total. The SMILES string of the molecule is CCCC1CNCc2c1[nH]c(=O)c(C#N)c2-c1ccncc1.Cl.Cl. The van der Waals surface area contributed by atoms with Gasteiger partial charge in [0, 0.05) is 42.7 Å². The minimum atomic E-state index is -0.295. The molecule has 2 N–H and O–H groups in total. The van der Waals surface area contributed by atoms with Crippen LogP contribution in [0.15, 0.2) is 29.3 Å². The fourth-order valence-electron chi connectivity index (χ4n) is 3.20. The molecule has 0 fully saturated rings. The third kappa shape index (κ3) is 3.62. The summed E-state index contributed by atoms with van der Waals surface area (Å²) in [6.45, 7) is 3.66. The lowest BCUT2D eigenvalue weighted by atomic mass is 9.86. The van der Waals surface area contributed by atoms with E-state index in [9.17, 15) is 10.1 Å². The molecule has 7 heteroatoms. The molecule has 0 saturated heterocycles. The van der Waals surface area contributed by atoms with Crippen molar-refractivity contribution < 1.29 is 0 Å². The highest BCUT2D eigenvalue weighted by atomic mass is 35.5. The molecule has 0 aliphatic carbocycles. The molecule has 24 heavy (non-hydrogen) atoms. The predicted molar refractivity (Wildman–Crippen MR) is 98.9 cm³/mol. The van der Waals surface area contributed by atoms with Crippen molar-refractivity contribution in [3.05, 3.63) is 51.7 Å². The van der Waals surface area contributed by atoms with Crippen LogP contribution in [0, 0.1) is 11.3 Å². The van der Waals surface area contributed by atoms with Crippen molar-refractivity contribution in [2.45, 2.75) is 32.2 Å². The molecule has 128 valence electrons. The molecule has 0 bridgehead atoms. The number of aromatic amines is 1. The average Bonchev–Trinajstić information content (AvgIpc) is 2.55. The van der Waals surface area contributed by atoms with E-state index >= 15 is 0 Å². The number of nitriles is 1. The highest BCUT2D eigenvalue weighted by Crippen LogP contribution is 2.33. The van der Waals surface area contributed by atoms with E-state index in [1.54, 1.807) is 12.4 Å². The summed E-state index contributed by atoms with van der Waals surface area (Å²) in [7, 11) is 0. The first-order valence-electron chi connectivity index (χ1n) is 7.56. The van der Waals surface area contributed by atoms with Crippen LogP contribution in [-0.2, 0) is 6.54 Å². The number of nitrogens with zero attached hydrogens (tertiary/aromatic N) is 2. The molecule has 3 rings (SSSR count). The fourth-order valence-corrected chi connectivity index (χ4v) is 3.20. The van der Waals surface area contributed by atoms with E-state index in [1.165, 1.54) is 0 Å². The summed E-state index contributed by atoms with van der Waals surface area (Å²) in [5, 5.41) is 12.8. The molecule has 0 radical (unpaired) electrons. The van der Waals surface area contributed by atoms with Crippen LogP contribution in [0.25, 0.3) is 11.1 Å². The van der Waals surface area contributed by atoms with Gasteiger partial charge in [0.05, 0.1) is 0 Å². The number of pyridine rings is 2. The molecule has 1 aliphatic rings. The van der Waals surface area contributed by atoms with Gasteiger partial charge in [-0.2, -0.15) is 5.26 Å². The van der Waals surface area contributed by atoms with Gasteiger partial charge in [-0.1, -0.05) is 13.3 Å². The van der Waals surface area contributed by atoms with Crippen LogP contribution in [0.2, 0.25) is 0 Å². The van der Waals surface area contributed by atoms with Crippen LogP contribution < -0.4 is 10.9 Å². The van der Waals surface area contributed by atoms with E-state index in [0.717, 1.165) is 41.8 Å². The Bertz CT molecular complexity index is 784. The van der Waals surface area contributed by atoms with Crippen molar-refractivity contribution >= 4 is 24.8 Å². The standard InChI is InChI=1S/C17H18N4O.2ClH/c1-2-3-12-9-20-10-14-15(11-4-6-19-7-5-11)13(8-18)17(22)21-16(12)14;;/h4-7,12,20H,2-3,9-10H2,1H3,(H,21,22);2*1H. The van der Waals surface area contributed by atoms with Crippen molar-refractivity contribution in [3.8, 4) is 17.2 Å². The zero-order valence-electron chi connectivity index (χ0n) is 13.3. The van der Waals surface area contributed by atoms with Crippen molar-refractivity contribution in [3.63, 3.8) is 0 Å². The summed E-state index contributed by atoms with van der Waals surface area (Å²) in [6.07, 6.45) is 5.43. The van der Waals surface area contributed by atoms with Crippen LogP contribution in [-0.4, -0.2) is 16.5 Å². The van der Waals surface area contributed by atoms with Gasteiger partial charge >= 0.3 is 0 Å². The molecule has 1 aliphatic heterocycles. The molecule has 0 aromatic carbocycles. The van der Waals surface area contributed by atoms with E-state index in [0.29, 0.717) is 6.54 Å². The molecule has 2 aromatic rings. The van der Waals surface area contributed by atoms with E-state index in [1.807, 2.05) is 12.1 Å². The Kier molecular flexibility index (Phi) is 7.43. The third-order valence-corrected chi connectivity index (χ3v) is 4.17. The van der Waals surface area contributed by atoms with Gasteiger partial charge in [-0.3, -0.25) is 9.78 Å². The van der Waals surface area contributed by atoms with Gasteiger partial charge < -0.3 is 10.3 Å². The smallest absolute Gasteiger partial charge is 0.266 e. The Morgan fingerprint density at radius 1 is 1.33 bits per heavy atom. The third-order valence-electron chi connectivity index (χ3n) is 4.17. The number of hydrogen-bond acceptors (Lipinski definition) is 4. The molecular formula is C17H20Cl2N4O. The number of nitrogens with one attached hydrogen (secondary N) is 2. The largest absolute Gasteiger partial charge is 0.324 e. The lowest BCUT2D eigenvalue weighted by molar-refractivity contribution is 0.496. The molecule has 0 amide bonds. The van der Waals surface area contributed by atoms with E-state index in [2.05, 4.69) is 28.3 Å². The average molecular weight is 367 g/mol.